The lowest BCUT2D eigenvalue weighted by Crippen LogP contribution is -2.37. The smallest absolute Gasteiger partial charge is 0.269 e. The van der Waals surface area contributed by atoms with E-state index >= 15 is 0 Å². The van der Waals surface area contributed by atoms with Crippen LogP contribution in [0.4, 0.5) is 0 Å². The summed E-state index contributed by atoms with van der Waals surface area (Å²) in [5, 5.41) is 30.1. The molecule has 2 fully saturated rings. The third-order valence-corrected chi connectivity index (χ3v) is 12.1. The molecule has 0 aliphatic carbocycles. The van der Waals surface area contributed by atoms with Crippen LogP contribution in [0.15, 0.2) is 114 Å². The van der Waals surface area contributed by atoms with Crippen molar-refractivity contribution in [2.75, 3.05) is 27.2 Å². The maximum absolute atomic E-state index is 12.2. The zero-order valence-corrected chi connectivity index (χ0v) is 39.4. The first kappa shape index (κ1) is 47.1. The van der Waals surface area contributed by atoms with E-state index in [0.29, 0.717) is 47.1 Å². The Hall–Kier alpha value is -8.36. The highest BCUT2D eigenvalue weighted by atomic mass is 79.9. The number of rotatable bonds is 6. The average Bonchev–Trinajstić information content (AvgIpc) is 4.21. The fourth-order valence-electron chi connectivity index (χ4n) is 7.87. The molecule has 8 aromatic rings. The molecule has 6 N–H and O–H groups in total. The summed E-state index contributed by atoms with van der Waals surface area (Å²) in [6.45, 7) is 4.83. The number of carbonyl (C=O) groups is 4. The van der Waals surface area contributed by atoms with Crippen LogP contribution in [-0.2, 0) is 9.59 Å². The summed E-state index contributed by atoms with van der Waals surface area (Å²) in [4.78, 5) is 58.6. The van der Waals surface area contributed by atoms with E-state index in [2.05, 4.69) is 53.9 Å². The van der Waals surface area contributed by atoms with Gasteiger partial charge in [0, 0.05) is 84.6 Å². The fourth-order valence-corrected chi connectivity index (χ4v) is 8.26. The summed E-state index contributed by atoms with van der Waals surface area (Å²) in [7, 11) is 3.26. The first-order valence-corrected chi connectivity index (χ1v) is 22.2. The number of carbonyl (C=O) groups excluding carboxylic acids is 4. The Morgan fingerprint density at radius 1 is 0.681 bits per heavy atom. The average molecular weight is 990 g/mol. The maximum atomic E-state index is 12.2. The van der Waals surface area contributed by atoms with E-state index in [1.807, 2.05) is 102 Å². The van der Waals surface area contributed by atoms with Crippen LogP contribution < -0.4 is 11.5 Å². The van der Waals surface area contributed by atoms with Gasteiger partial charge in [-0.15, -0.1) is 6.42 Å². The predicted molar refractivity (Wildman–Crippen MR) is 261 cm³/mol. The number of aliphatic hydroxyl groups is 2. The number of hydrogen-bond donors (Lipinski definition) is 4. The molecule has 4 aromatic heterocycles. The standard InChI is InChI=1S/C25H22N6O3.C18H14BrN5O.C7H9NO2/c1-16-14-30(15-27-16)18-6-7-21-20(13-18)22(23(26)32)28-31(21)19-5-3-4-17(12-19)8-9-25(34)10-11-29(2)24(25)33;1-11-9-23(10-21-11)13-5-6-16-15(8-13)17(18(20)25)22-24(16)14-4-2-3-12(19)7-14;1-3-7(10)4-5-8(2)6(7)9/h3-7,12-15,34H,10-11H2,1-2H3,(H2,26,32);2-10H,1H3,(H2,20,25);1,10H,4-5H2,2H3/t25-;;7-/m0.0/s1. The highest BCUT2D eigenvalue weighted by Crippen LogP contribution is 2.28. The van der Waals surface area contributed by atoms with Crippen LogP contribution in [0.1, 0.15) is 50.8 Å². The lowest BCUT2D eigenvalue weighted by atomic mass is 10.0. The van der Waals surface area contributed by atoms with Crippen molar-refractivity contribution in [2.24, 2.45) is 11.5 Å². The molecule has 0 radical (unpaired) electrons. The van der Waals surface area contributed by atoms with Crippen LogP contribution >= 0.6 is 15.9 Å². The Kier molecular flexibility index (Phi) is 12.8. The van der Waals surface area contributed by atoms with Crippen molar-refractivity contribution in [3.05, 3.63) is 143 Å². The molecule has 0 spiro atoms. The molecule has 2 aliphatic rings. The lowest BCUT2D eigenvalue weighted by Gasteiger charge is -2.13. The van der Waals surface area contributed by atoms with Crippen LogP contribution in [0.5, 0.6) is 0 Å². The van der Waals surface area contributed by atoms with E-state index in [0.717, 1.165) is 38.4 Å². The molecule has 0 bridgehead atoms. The van der Waals surface area contributed by atoms with E-state index in [9.17, 15) is 29.4 Å². The van der Waals surface area contributed by atoms with E-state index in [-0.39, 0.29) is 23.7 Å². The molecular formula is C50H45BrN12O6. The van der Waals surface area contributed by atoms with Gasteiger partial charge in [0.15, 0.2) is 11.4 Å². The topological polar surface area (TPSA) is 239 Å². The molecule has 10 rings (SSSR count). The summed E-state index contributed by atoms with van der Waals surface area (Å²) in [5.74, 6) is 5.76. The zero-order chi connectivity index (χ0) is 49.4. The van der Waals surface area contributed by atoms with Crippen LogP contribution in [0.2, 0.25) is 0 Å². The van der Waals surface area contributed by atoms with E-state index < -0.39 is 28.9 Å². The monoisotopic (exact) mass is 988 g/mol. The first-order chi connectivity index (χ1) is 32.9. The van der Waals surface area contributed by atoms with Gasteiger partial charge in [-0.05, 0) is 86.6 Å². The van der Waals surface area contributed by atoms with Crippen LogP contribution in [0.25, 0.3) is 44.6 Å². The molecule has 2 aliphatic heterocycles. The highest BCUT2D eigenvalue weighted by molar-refractivity contribution is 9.10. The van der Waals surface area contributed by atoms with Crippen molar-refractivity contribution in [1.29, 1.82) is 0 Å². The Labute approximate surface area is 403 Å². The molecule has 69 heavy (non-hydrogen) atoms. The van der Waals surface area contributed by atoms with Crippen LogP contribution in [0, 0.1) is 38.0 Å². The second-order valence-corrected chi connectivity index (χ2v) is 17.5. The summed E-state index contributed by atoms with van der Waals surface area (Å²) < 4.78 is 8.05. The third-order valence-electron chi connectivity index (χ3n) is 11.6. The number of terminal acetylenes is 1. The second kappa shape index (κ2) is 18.7. The van der Waals surface area contributed by atoms with E-state index in [4.69, 9.17) is 17.9 Å². The molecule has 19 heteroatoms. The number of aryl methyl sites for hydroxylation is 2. The van der Waals surface area contributed by atoms with Gasteiger partial charge in [-0.3, -0.25) is 19.2 Å². The van der Waals surface area contributed by atoms with Gasteiger partial charge in [-0.2, -0.15) is 10.2 Å². The molecular weight excluding hydrogens is 945 g/mol. The Bertz CT molecular complexity index is 3460. The number of nitrogens with two attached hydrogens (primary N) is 2. The van der Waals surface area contributed by atoms with Gasteiger partial charge in [0.1, 0.15) is 0 Å². The van der Waals surface area contributed by atoms with Gasteiger partial charge in [0.05, 0.1) is 46.5 Å². The number of likely N-dealkylation sites (tertiary alicyclic amines) is 2. The van der Waals surface area contributed by atoms with Gasteiger partial charge in [-0.1, -0.05) is 45.8 Å². The van der Waals surface area contributed by atoms with Gasteiger partial charge in [0.2, 0.25) is 11.2 Å². The van der Waals surface area contributed by atoms with Crippen LogP contribution in [-0.4, -0.2) is 121 Å². The molecule has 348 valence electrons. The number of halogens is 1. The zero-order valence-electron chi connectivity index (χ0n) is 37.8. The van der Waals surface area contributed by atoms with Crippen molar-refractivity contribution in [1.82, 2.24) is 48.5 Å². The largest absolute Gasteiger partial charge is 0.369 e. The van der Waals surface area contributed by atoms with E-state index in [1.165, 1.54) is 9.80 Å². The number of aromatic nitrogens is 8. The molecule has 4 amide bonds. The SMILES string of the molecule is C#C[C@]1(O)CCN(C)C1=O.Cc1cn(-c2ccc3c(c2)c(C(N)=O)nn3-c2cccc(Br)c2)cn1.Cc1cn(-c2ccc3c(c2)c(C(N)=O)nn3-c2cccc(C#C[C@]3(O)CCN(C)C3=O)c2)cn1. The quantitative estimate of drug-likeness (QED) is 0.174. The van der Waals surface area contributed by atoms with Crippen molar-refractivity contribution in [3.8, 4) is 46.9 Å². The van der Waals surface area contributed by atoms with E-state index in [1.54, 1.807) is 54.3 Å². The number of primary amides is 2. The first-order valence-electron chi connectivity index (χ1n) is 21.4. The summed E-state index contributed by atoms with van der Waals surface area (Å²) in [6, 6.07) is 26.3. The minimum Gasteiger partial charge on any atom is -0.369 e. The van der Waals surface area contributed by atoms with Crippen LogP contribution in [0.3, 0.4) is 0 Å². The molecule has 18 nitrogen and oxygen atoms in total. The summed E-state index contributed by atoms with van der Waals surface area (Å²) in [5.41, 5.74) is 15.5. The molecule has 0 saturated carbocycles. The van der Waals surface area contributed by atoms with Gasteiger partial charge in [0.25, 0.3) is 23.6 Å². The molecule has 2 saturated heterocycles. The molecule has 6 heterocycles. The normalized spacial score (nSPS) is 17.5. The predicted octanol–water partition coefficient (Wildman–Crippen LogP) is 4.16. The number of amides is 4. The minimum absolute atomic E-state index is 0.152. The Morgan fingerprint density at radius 2 is 1.16 bits per heavy atom. The summed E-state index contributed by atoms with van der Waals surface area (Å²) >= 11 is 3.46. The number of imidazole rings is 2. The molecule has 4 aromatic carbocycles. The van der Waals surface area contributed by atoms with Crippen molar-refractivity contribution < 1.29 is 29.4 Å². The maximum Gasteiger partial charge on any atom is 0.269 e. The van der Waals surface area contributed by atoms with Crippen molar-refractivity contribution in [3.63, 3.8) is 0 Å². The number of hydrogen-bond acceptors (Lipinski definition) is 10. The minimum atomic E-state index is -1.68. The Balaban J connectivity index is 0.000000160. The van der Waals surface area contributed by atoms with Crippen molar-refractivity contribution >= 4 is 61.4 Å². The Morgan fingerprint density at radius 3 is 1.57 bits per heavy atom. The molecule has 2 atom stereocenters. The third kappa shape index (κ3) is 9.47. The number of benzene rings is 4. The van der Waals surface area contributed by atoms with Gasteiger partial charge >= 0.3 is 0 Å². The number of nitrogens with zero attached hydrogens (tertiary/aromatic N) is 10. The fraction of sp³-hybridized carbons (Fsp3) is 0.200. The number of likely N-dealkylation sites (N-methyl/N-ethyl adjacent to an activating group) is 2. The van der Waals surface area contributed by atoms with Crippen molar-refractivity contribution in [2.45, 2.75) is 37.9 Å². The number of fused-ring (bicyclic) bond motifs is 2. The second-order valence-electron chi connectivity index (χ2n) is 16.6. The van der Waals surface area contributed by atoms with Gasteiger partial charge < -0.3 is 40.6 Å². The summed E-state index contributed by atoms with van der Waals surface area (Å²) in [6.07, 6.45) is 12.8. The lowest BCUT2D eigenvalue weighted by molar-refractivity contribution is -0.138. The van der Waals surface area contributed by atoms with Gasteiger partial charge in [-0.25, -0.2) is 19.3 Å². The molecule has 0 unspecified atom stereocenters. The highest BCUT2D eigenvalue weighted by Gasteiger charge is 2.43.